The smallest absolute Gasteiger partial charge is 0.309 e. The second kappa shape index (κ2) is 5.10. The molecule has 25 heavy (non-hydrogen) atoms. The Morgan fingerprint density at radius 3 is 2.96 bits per heavy atom. The van der Waals surface area contributed by atoms with Crippen molar-refractivity contribution in [2.75, 3.05) is 0 Å². The fourth-order valence-electron chi connectivity index (χ4n) is 6.53. The number of allylic oxidation sites excluding steroid dienone is 1. The Morgan fingerprint density at radius 2 is 2.16 bits per heavy atom. The molecular formula is C21H24O4. The highest BCUT2D eigenvalue weighted by atomic mass is 16.6. The topological polar surface area (TPSA) is 66.8 Å². The number of aliphatic hydroxyl groups is 1. The number of fused-ring (bicyclic) bond motifs is 7. The molecule has 0 spiro atoms. The number of esters is 1. The Kier molecular flexibility index (Phi) is 3.15. The molecule has 132 valence electrons. The molecule has 1 saturated heterocycles. The number of phenols is 1. The first-order valence-corrected chi connectivity index (χ1v) is 9.37. The zero-order chi connectivity index (χ0) is 17.3. The van der Waals surface area contributed by atoms with Crippen LogP contribution in [0.5, 0.6) is 5.75 Å². The lowest BCUT2D eigenvalue weighted by molar-refractivity contribution is -0.142. The summed E-state index contributed by atoms with van der Waals surface area (Å²) in [5.41, 5.74) is 1.61. The summed E-state index contributed by atoms with van der Waals surface area (Å²) >= 11 is 0. The van der Waals surface area contributed by atoms with Gasteiger partial charge in [-0.2, -0.15) is 0 Å². The predicted octanol–water partition coefficient (Wildman–Crippen LogP) is 2.93. The van der Waals surface area contributed by atoms with Crippen LogP contribution in [0.2, 0.25) is 0 Å². The largest absolute Gasteiger partial charge is 0.508 e. The van der Waals surface area contributed by atoms with E-state index in [0.717, 1.165) is 25.7 Å². The predicted molar refractivity (Wildman–Crippen MR) is 92.0 cm³/mol. The van der Waals surface area contributed by atoms with Crippen LogP contribution in [0.25, 0.3) is 0 Å². The molecule has 3 aliphatic carbocycles. The number of phenolic OH excluding ortho intramolecular Hbond substituents is 1. The van der Waals surface area contributed by atoms with Crippen molar-refractivity contribution < 1.29 is 19.7 Å². The number of carbonyl (C=O) groups is 1. The zero-order valence-electron chi connectivity index (χ0n) is 14.2. The highest BCUT2D eigenvalue weighted by molar-refractivity contribution is 5.74. The van der Waals surface area contributed by atoms with Crippen LogP contribution in [0, 0.1) is 23.7 Å². The maximum Gasteiger partial charge on any atom is 0.309 e. The third-order valence-electron chi connectivity index (χ3n) is 7.43. The van der Waals surface area contributed by atoms with E-state index >= 15 is 0 Å². The summed E-state index contributed by atoms with van der Waals surface area (Å²) in [5, 5.41) is 21.0. The van der Waals surface area contributed by atoms with Gasteiger partial charge in [0.1, 0.15) is 17.5 Å². The van der Waals surface area contributed by atoms with Gasteiger partial charge in [-0.25, -0.2) is 0 Å². The third-order valence-corrected chi connectivity index (χ3v) is 7.43. The molecule has 1 aromatic carbocycles. The highest BCUT2D eigenvalue weighted by Gasteiger charge is 2.64. The summed E-state index contributed by atoms with van der Waals surface area (Å²) in [4.78, 5) is 11.7. The highest BCUT2D eigenvalue weighted by Crippen LogP contribution is 2.62. The van der Waals surface area contributed by atoms with Crippen molar-refractivity contribution >= 4 is 5.97 Å². The van der Waals surface area contributed by atoms with E-state index in [9.17, 15) is 15.0 Å². The Hall–Kier alpha value is -1.81. The van der Waals surface area contributed by atoms with Crippen LogP contribution in [-0.2, 0) is 16.0 Å². The van der Waals surface area contributed by atoms with Crippen LogP contribution in [0.3, 0.4) is 0 Å². The van der Waals surface area contributed by atoms with E-state index in [2.05, 4.69) is 18.7 Å². The van der Waals surface area contributed by atoms with E-state index in [0.29, 0.717) is 29.4 Å². The summed E-state index contributed by atoms with van der Waals surface area (Å²) in [6.07, 6.45) is 5.47. The summed E-state index contributed by atoms with van der Waals surface area (Å²) in [6.45, 7) is 4.08. The van der Waals surface area contributed by atoms with Gasteiger partial charge in [0, 0.05) is 0 Å². The van der Waals surface area contributed by atoms with Crippen LogP contribution in [0.15, 0.2) is 30.9 Å². The van der Waals surface area contributed by atoms with E-state index < -0.39 is 5.60 Å². The van der Waals surface area contributed by atoms with Crippen LogP contribution >= 0.6 is 0 Å². The lowest BCUT2D eigenvalue weighted by Gasteiger charge is -2.49. The Bertz CT molecular complexity index is 756. The molecule has 4 nitrogen and oxygen atoms in total. The number of carbonyl (C=O) groups excluding carboxylic acids is 1. The van der Waals surface area contributed by atoms with Crippen molar-refractivity contribution in [3.63, 3.8) is 0 Å². The Morgan fingerprint density at radius 1 is 1.32 bits per heavy atom. The maximum atomic E-state index is 11.7. The quantitative estimate of drug-likeness (QED) is 0.609. The fourth-order valence-corrected chi connectivity index (χ4v) is 6.53. The van der Waals surface area contributed by atoms with Gasteiger partial charge in [0.15, 0.2) is 0 Å². The molecule has 7 unspecified atom stereocenters. The van der Waals surface area contributed by atoms with Gasteiger partial charge in [0.2, 0.25) is 0 Å². The molecule has 1 aliphatic heterocycles. The van der Waals surface area contributed by atoms with Crippen molar-refractivity contribution in [3.8, 4) is 5.75 Å². The molecule has 4 heteroatoms. The number of benzene rings is 1. The van der Waals surface area contributed by atoms with Crippen molar-refractivity contribution in [1.82, 2.24) is 0 Å². The number of ether oxygens (including phenoxy) is 1. The lowest BCUT2D eigenvalue weighted by Crippen LogP contribution is -2.46. The Labute approximate surface area is 147 Å². The van der Waals surface area contributed by atoms with Crippen LogP contribution in [0.4, 0.5) is 0 Å². The molecule has 1 aromatic rings. The molecule has 0 aromatic heterocycles. The average Bonchev–Trinajstić information content (AvgIpc) is 3.01. The molecule has 2 saturated carbocycles. The SMILES string of the molecule is C=CC1Cc2cc(O)ccc2C2CCC3C(CC4OC(=O)CC43O)C12. The molecule has 7 atom stereocenters. The van der Waals surface area contributed by atoms with Gasteiger partial charge in [-0.3, -0.25) is 4.79 Å². The van der Waals surface area contributed by atoms with Gasteiger partial charge >= 0.3 is 5.97 Å². The van der Waals surface area contributed by atoms with Gasteiger partial charge in [-0.05, 0) is 78.5 Å². The van der Waals surface area contributed by atoms with E-state index in [-0.39, 0.29) is 24.4 Å². The van der Waals surface area contributed by atoms with Crippen LogP contribution in [-0.4, -0.2) is 27.9 Å². The molecule has 1 heterocycles. The molecule has 5 rings (SSSR count). The number of hydrogen-bond acceptors (Lipinski definition) is 4. The van der Waals surface area contributed by atoms with Gasteiger partial charge in [0.25, 0.3) is 0 Å². The molecule has 0 bridgehead atoms. The average molecular weight is 340 g/mol. The minimum Gasteiger partial charge on any atom is -0.508 e. The van der Waals surface area contributed by atoms with E-state index in [4.69, 9.17) is 4.74 Å². The van der Waals surface area contributed by atoms with E-state index in [1.54, 1.807) is 6.07 Å². The van der Waals surface area contributed by atoms with E-state index in [1.807, 2.05) is 6.07 Å². The van der Waals surface area contributed by atoms with Crippen molar-refractivity contribution in [3.05, 3.63) is 42.0 Å². The number of hydrogen-bond donors (Lipinski definition) is 2. The summed E-state index contributed by atoms with van der Waals surface area (Å²) in [6, 6.07) is 5.76. The molecule has 2 N–H and O–H groups in total. The number of aromatic hydroxyl groups is 1. The fraction of sp³-hybridized carbons (Fsp3) is 0.571. The number of rotatable bonds is 1. The van der Waals surface area contributed by atoms with Crippen LogP contribution in [0.1, 0.15) is 42.7 Å². The maximum absolute atomic E-state index is 11.7. The summed E-state index contributed by atoms with van der Waals surface area (Å²) in [5.74, 6) is 1.79. The second-order valence-electron chi connectivity index (χ2n) is 8.40. The molecule has 0 amide bonds. The van der Waals surface area contributed by atoms with Crippen LogP contribution < -0.4 is 0 Å². The summed E-state index contributed by atoms with van der Waals surface area (Å²) < 4.78 is 5.47. The minimum absolute atomic E-state index is 0.145. The third kappa shape index (κ3) is 2.00. The van der Waals surface area contributed by atoms with Gasteiger partial charge in [-0.1, -0.05) is 12.1 Å². The zero-order valence-corrected chi connectivity index (χ0v) is 14.2. The van der Waals surface area contributed by atoms with Gasteiger partial charge < -0.3 is 14.9 Å². The molecule has 4 aliphatic rings. The monoisotopic (exact) mass is 340 g/mol. The first-order valence-electron chi connectivity index (χ1n) is 9.37. The standard InChI is InChI=1S/C21H24O4/c1-2-11-7-12-8-13(22)3-4-14(12)15-5-6-17-16(20(11)15)9-18-21(17,24)10-19(23)25-18/h2-4,8,11,15-18,20,22,24H,1,5-7,9-10H2. The van der Waals surface area contributed by atoms with Crippen molar-refractivity contribution in [2.45, 2.75) is 49.7 Å². The first kappa shape index (κ1) is 15.4. The molecular weight excluding hydrogens is 316 g/mol. The van der Waals surface area contributed by atoms with E-state index in [1.165, 1.54) is 11.1 Å². The van der Waals surface area contributed by atoms with Gasteiger partial charge in [-0.15, -0.1) is 6.58 Å². The van der Waals surface area contributed by atoms with Gasteiger partial charge in [0.05, 0.1) is 6.42 Å². The first-order chi connectivity index (χ1) is 12.0. The van der Waals surface area contributed by atoms with Crippen molar-refractivity contribution in [1.29, 1.82) is 0 Å². The summed E-state index contributed by atoms with van der Waals surface area (Å²) in [7, 11) is 0. The molecule has 3 fully saturated rings. The Balaban J connectivity index is 1.55. The lowest BCUT2D eigenvalue weighted by atomic mass is 9.56. The normalized spacial score (nSPS) is 44.3. The second-order valence-corrected chi connectivity index (χ2v) is 8.40. The minimum atomic E-state index is -0.965. The van der Waals surface area contributed by atoms with Crippen molar-refractivity contribution in [2.24, 2.45) is 23.7 Å². The molecule has 0 radical (unpaired) electrons.